The summed E-state index contributed by atoms with van der Waals surface area (Å²) < 4.78 is 0. The van der Waals surface area contributed by atoms with E-state index in [4.69, 9.17) is 22.0 Å². The van der Waals surface area contributed by atoms with Crippen LogP contribution in [-0.2, 0) is 6.54 Å². The molecule has 78 valence electrons. The lowest BCUT2D eigenvalue weighted by Crippen LogP contribution is -2.24. The van der Waals surface area contributed by atoms with Gasteiger partial charge in [-0.3, -0.25) is 0 Å². The van der Waals surface area contributed by atoms with E-state index in [0.29, 0.717) is 16.1 Å². The number of carbonyl (C=O) groups is 1. The van der Waals surface area contributed by atoms with Gasteiger partial charge in [0.15, 0.2) is 0 Å². The number of amides is 1. The largest absolute Gasteiger partial charge is 0.465 e. The van der Waals surface area contributed by atoms with Crippen LogP contribution in [0.3, 0.4) is 0 Å². The van der Waals surface area contributed by atoms with Gasteiger partial charge in [-0.25, -0.2) is 4.79 Å². The third-order valence-corrected chi connectivity index (χ3v) is 2.27. The maximum Gasteiger partial charge on any atom is 0.407 e. The van der Waals surface area contributed by atoms with Crippen LogP contribution in [0.25, 0.3) is 0 Å². The molecule has 0 aliphatic carbocycles. The second-order valence-electron chi connectivity index (χ2n) is 3.06. The van der Waals surface area contributed by atoms with Crippen LogP contribution in [0.4, 0.5) is 4.79 Å². The van der Waals surface area contributed by atoms with Crippen LogP contribution in [0, 0.1) is 11.3 Å². The summed E-state index contributed by atoms with van der Waals surface area (Å²) in [5.74, 6) is 0. The second kappa shape index (κ2) is 4.67. The zero-order chi connectivity index (χ0) is 11.4. The molecule has 5 heteroatoms. The van der Waals surface area contributed by atoms with Gasteiger partial charge in [0.25, 0.3) is 0 Å². The van der Waals surface area contributed by atoms with E-state index in [2.05, 4.69) is 0 Å². The molecule has 15 heavy (non-hydrogen) atoms. The molecule has 0 fully saturated rings. The van der Waals surface area contributed by atoms with Crippen LogP contribution >= 0.6 is 11.6 Å². The number of hydrogen-bond donors (Lipinski definition) is 1. The van der Waals surface area contributed by atoms with Crippen LogP contribution in [0.5, 0.6) is 0 Å². The van der Waals surface area contributed by atoms with Crippen molar-refractivity contribution in [2.45, 2.75) is 6.54 Å². The molecule has 0 unspecified atom stereocenters. The van der Waals surface area contributed by atoms with Crippen LogP contribution in [0.2, 0.25) is 5.02 Å². The Kier molecular flexibility index (Phi) is 3.53. The molecular weight excluding hydrogens is 216 g/mol. The van der Waals surface area contributed by atoms with E-state index in [0.717, 1.165) is 4.90 Å². The molecule has 1 aromatic rings. The van der Waals surface area contributed by atoms with Gasteiger partial charge in [0, 0.05) is 12.1 Å². The zero-order valence-corrected chi connectivity index (χ0v) is 8.82. The van der Waals surface area contributed by atoms with Crippen LogP contribution < -0.4 is 0 Å². The Morgan fingerprint density at radius 3 is 2.80 bits per heavy atom. The van der Waals surface area contributed by atoms with Crippen LogP contribution in [-0.4, -0.2) is 23.1 Å². The summed E-state index contributed by atoms with van der Waals surface area (Å²) in [5, 5.41) is 17.7. The lowest BCUT2D eigenvalue weighted by Gasteiger charge is -2.13. The van der Waals surface area contributed by atoms with Crippen molar-refractivity contribution in [3.8, 4) is 6.07 Å². The number of halogens is 1. The molecule has 0 saturated heterocycles. The Hall–Kier alpha value is -1.73. The maximum absolute atomic E-state index is 10.6. The van der Waals surface area contributed by atoms with Gasteiger partial charge in [0.05, 0.1) is 18.2 Å². The first-order valence-corrected chi connectivity index (χ1v) is 4.55. The summed E-state index contributed by atoms with van der Waals surface area (Å²) in [4.78, 5) is 11.7. The summed E-state index contributed by atoms with van der Waals surface area (Å²) in [6.45, 7) is 0.208. The highest BCUT2D eigenvalue weighted by Crippen LogP contribution is 2.18. The lowest BCUT2D eigenvalue weighted by atomic mass is 10.1. The lowest BCUT2D eigenvalue weighted by molar-refractivity contribution is 0.154. The minimum Gasteiger partial charge on any atom is -0.465 e. The fourth-order valence-corrected chi connectivity index (χ4v) is 1.31. The van der Waals surface area contributed by atoms with E-state index < -0.39 is 6.09 Å². The topological polar surface area (TPSA) is 64.3 Å². The number of carboxylic acid groups (broad SMARTS) is 1. The van der Waals surface area contributed by atoms with E-state index in [-0.39, 0.29) is 6.54 Å². The van der Waals surface area contributed by atoms with Crippen molar-refractivity contribution >= 4 is 17.7 Å². The molecule has 1 amide bonds. The predicted molar refractivity (Wildman–Crippen MR) is 55.7 cm³/mol. The predicted octanol–water partition coefficient (Wildman–Crippen LogP) is 2.32. The zero-order valence-electron chi connectivity index (χ0n) is 8.07. The quantitative estimate of drug-likeness (QED) is 0.839. The Morgan fingerprint density at radius 2 is 2.33 bits per heavy atom. The number of hydrogen-bond acceptors (Lipinski definition) is 2. The molecule has 0 aromatic heterocycles. The minimum atomic E-state index is -1.02. The number of nitriles is 1. The van der Waals surface area contributed by atoms with E-state index in [1.54, 1.807) is 12.1 Å². The summed E-state index contributed by atoms with van der Waals surface area (Å²) in [6, 6.07) is 6.74. The molecule has 0 aliphatic rings. The molecule has 1 N–H and O–H groups in total. The molecule has 0 spiro atoms. The van der Waals surface area contributed by atoms with Gasteiger partial charge in [-0.05, 0) is 17.7 Å². The molecule has 0 bridgehead atoms. The average molecular weight is 225 g/mol. The number of rotatable bonds is 2. The summed E-state index contributed by atoms with van der Waals surface area (Å²) >= 11 is 5.89. The standard InChI is InChI=1S/C10H9ClN2O2/c1-13(10(14)15)6-8-3-2-7(5-12)4-9(8)11/h2-4H,6H2,1H3,(H,14,15). The molecular formula is C10H9ClN2O2. The molecule has 4 nitrogen and oxygen atoms in total. The van der Waals surface area contributed by atoms with Gasteiger partial charge in [0.2, 0.25) is 0 Å². The van der Waals surface area contributed by atoms with Crippen molar-refractivity contribution in [2.24, 2.45) is 0 Å². The van der Waals surface area contributed by atoms with Gasteiger partial charge in [-0.15, -0.1) is 0 Å². The van der Waals surface area contributed by atoms with Crippen molar-refractivity contribution in [1.82, 2.24) is 4.90 Å². The van der Waals surface area contributed by atoms with E-state index >= 15 is 0 Å². The Labute approximate surface area is 92.3 Å². The first kappa shape index (κ1) is 11.3. The Morgan fingerprint density at radius 1 is 1.67 bits per heavy atom. The molecule has 1 rings (SSSR count). The van der Waals surface area contributed by atoms with Crippen LogP contribution in [0.15, 0.2) is 18.2 Å². The SMILES string of the molecule is CN(Cc1ccc(C#N)cc1Cl)C(=O)O. The van der Waals surface area contributed by atoms with Gasteiger partial charge in [-0.2, -0.15) is 5.26 Å². The summed E-state index contributed by atoms with van der Waals surface area (Å²) in [7, 11) is 1.46. The fourth-order valence-electron chi connectivity index (χ4n) is 1.07. The molecule has 0 heterocycles. The minimum absolute atomic E-state index is 0.208. The highest BCUT2D eigenvalue weighted by molar-refractivity contribution is 6.31. The fraction of sp³-hybridized carbons (Fsp3) is 0.200. The van der Waals surface area contributed by atoms with Gasteiger partial charge >= 0.3 is 6.09 Å². The molecule has 0 atom stereocenters. The van der Waals surface area contributed by atoms with E-state index in [1.165, 1.54) is 13.1 Å². The average Bonchev–Trinajstić information content (AvgIpc) is 2.20. The van der Waals surface area contributed by atoms with E-state index in [9.17, 15) is 4.79 Å². The molecule has 0 aliphatic heterocycles. The third kappa shape index (κ3) is 2.86. The van der Waals surface area contributed by atoms with Crippen molar-refractivity contribution in [1.29, 1.82) is 5.26 Å². The Balaban J connectivity index is 2.88. The van der Waals surface area contributed by atoms with Gasteiger partial charge in [-0.1, -0.05) is 17.7 Å². The summed E-state index contributed by atoms with van der Waals surface area (Å²) in [6.07, 6.45) is -1.02. The van der Waals surface area contributed by atoms with Crippen molar-refractivity contribution in [3.05, 3.63) is 34.3 Å². The number of nitrogens with zero attached hydrogens (tertiary/aromatic N) is 2. The molecule has 0 saturated carbocycles. The van der Waals surface area contributed by atoms with Gasteiger partial charge < -0.3 is 10.0 Å². The number of benzene rings is 1. The molecule has 1 aromatic carbocycles. The maximum atomic E-state index is 10.6. The highest BCUT2D eigenvalue weighted by atomic mass is 35.5. The first-order chi connectivity index (χ1) is 7.04. The molecule has 0 radical (unpaired) electrons. The smallest absolute Gasteiger partial charge is 0.407 e. The third-order valence-electron chi connectivity index (χ3n) is 1.92. The van der Waals surface area contributed by atoms with Crippen molar-refractivity contribution in [3.63, 3.8) is 0 Å². The summed E-state index contributed by atoms with van der Waals surface area (Å²) in [5.41, 5.74) is 1.14. The van der Waals surface area contributed by atoms with Crippen LogP contribution in [0.1, 0.15) is 11.1 Å². The second-order valence-corrected chi connectivity index (χ2v) is 3.46. The van der Waals surface area contributed by atoms with E-state index in [1.807, 2.05) is 6.07 Å². The normalized spacial score (nSPS) is 9.40. The van der Waals surface area contributed by atoms with Gasteiger partial charge in [0.1, 0.15) is 0 Å². The highest BCUT2D eigenvalue weighted by Gasteiger charge is 2.09. The van der Waals surface area contributed by atoms with Crippen molar-refractivity contribution in [2.75, 3.05) is 7.05 Å². The van der Waals surface area contributed by atoms with Crippen molar-refractivity contribution < 1.29 is 9.90 Å². The Bertz CT molecular complexity index is 426. The first-order valence-electron chi connectivity index (χ1n) is 4.17. The monoisotopic (exact) mass is 224 g/mol.